The maximum absolute atomic E-state index is 5.59. The zero-order valence-corrected chi connectivity index (χ0v) is 11.2. The van der Waals surface area contributed by atoms with Crippen molar-refractivity contribution in [3.63, 3.8) is 0 Å². The van der Waals surface area contributed by atoms with Crippen LogP contribution in [0.5, 0.6) is 0 Å². The second-order valence-corrected chi connectivity index (χ2v) is 4.62. The summed E-state index contributed by atoms with van der Waals surface area (Å²) in [6.45, 7) is 2.93. The standard InChI is InChI=1S/C14H20N4O/c1-2-11(8-9-15)6-7-13-17-14(18-19-13)12-5-3-4-10-16-12/h3-5,10-11H,2,6-9,15H2,1H3. The molecular formula is C14H20N4O. The van der Waals surface area contributed by atoms with Crippen LogP contribution in [0.1, 0.15) is 32.1 Å². The number of hydrogen-bond donors (Lipinski definition) is 1. The van der Waals surface area contributed by atoms with Crippen LogP contribution in [0.2, 0.25) is 0 Å². The molecule has 0 aliphatic heterocycles. The van der Waals surface area contributed by atoms with Crippen molar-refractivity contribution in [3.8, 4) is 11.5 Å². The summed E-state index contributed by atoms with van der Waals surface area (Å²) in [6.07, 6.45) is 5.76. The Balaban J connectivity index is 1.94. The van der Waals surface area contributed by atoms with Gasteiger partial charge in [0.15, 0.2) is 0 Å². The first-order valence-electron chi connectivity index (χ1n) is 6.77. The number of hydrogen-bond acceptors (Lipinski definition) is 5. The maximum atomic E-state index is 5.59. The molecule has 2 N–H and O–H groups in total. The van der Waals surface area contributed by atoms with Gasteiger partial charge >= 0.3 is 0 Å². The SMILES string of the molecule is CCC(CCN)CCc1nc(-c2ccccn2)no1. The monoisotopic (exact) mass is 260 g/mol. The third-order valence-electron chi connectivity index (χ3n) is 3.28. The summed E-state index contributed by atoms with van der Waals surface area (Å²) in [5.41, 5.74) is 6.34. The molecule has 0 saturated heterocycles. The number of aromatic nitrogens is 3. The summed E-state index contributed by atoms with van der Waals surface area (Å²) in [5.74, 6) is 1.87. The molecule has 1 unspecified atom stereocenters. The van der Waals surface area contributed by atoms with E-state index >= 15 is 0 Å². The van der Waals surface area contributed by atoms with Crippen molar-refractivity contribution in [2.24, 2.45) is 11.7 Å². The summed E-state index contributed by atoms with van der Waals surface area (Å²) in [4.78, 5) is 8.58. The van der Waals surface area contributed by atoms with Crippen molar-refractivity contribution >= 4 is 0 Å². The highest BCUT2D eigenvalue weighted by Gasteiger charge is 2.12. The number of nitrogens with two attached hydrogens (primary N) is 1. The van der Waals surface area contributed by atoms with Gasteiger partial charge in [0.2, 0.25) is 11.7 Å². The van der Waals surface area contributed by atoms with Crippen LogP contribution in [0, 0.1) is 5.92 Å². The number of rotatable bonds is 7. The lowest BCUT2D eigenvalue weighted by molar-refractivity contribution is 0.354. The molecule has 0 bridgehead atoms. The van der Waals surface area contributed by atoms with E-state index in [0.717, 1.165) is 37.9 Å². The van der Waals surface area contributed by atoms with Crippen molar-refractivity contribution in [2.75, 3.05) is 6.54 Å². The van der Waals surface area contributed by atoms with Crippen LogP contribution in [0.25, 0.3) is 11.5 Å². The molecule has 0 fully saturated rings. The molecule has 102 valence electrons. The van der Waals surface area contributed by atoms with E-state index in [4.69, 9.17) is 10.3 Å². The number of nitrogens with zero attached hydrogens (tertiary/aromatic N) is 3. The summed E-state index contributed by atoms with van der Waals surface area (Å²) < 4.78 is 5.26. The summed E-state index contributed by atoms with van der Waals surface area (Å²) in [7, 11) is 0. The number of pyridine rings is 1. The second kappa shape index (κ2) is 6.99. The first-order valence-corrected chi connectivity index (χ1v) is 6.77. The molecule has 19 heavy (non-hydrogen) atoms. The Labute approximate surface area is 113 Å². The largest absolute Gasteiger partial charge is 0.339 e. The van der Waals surface area contributed by atoms with Crippen molar-refractivity contribution in [2.45, 2.75) is 32.6 Å². The van der Waals surface area contributed by atoms with Crippen LogP contribution >= 0.6 is 0 Å². The van der Waals surface area contributed by atoms with Crippen molar-refractivity contribution < 1.29 is 4.52 Å². The van der Waals surface area contributed by atoms with E-state index in [9.17, 15) is 0 Å². The van der Waals surface area contributed by atoms with Crippen LogP contribution in [0.3, 0.4) is 0 Å². The first-order chi connectivity index (χ1) is 9.33. The molecule has 0 aliphatic rings. The van der Waals surface area contributed by atoms with Gasteiger partial charge in [0.25, 0.3) is 0 Å². The molecule has 0 radical (unpaired) electrons. The van der Waals surface area contributed by atoms with E-state index < -0.39 is 0 Å². The van der Waals surface area contributed by atoms with Gasteiger partial charge in [-0.1, -0.05) is 24.6 Å². The fourth-order valence-electron chi connectivity index (χ4n) is 2.07. The van der Waals surface area contributed by atoms with E-state index in [-0.39, 0.29) is 0 Å². The minimum absolute atomic E-state index is 0.558. The third-order valence-corrected chi connectivity index (χ3v) is 3.28. The van der Waals surface area contributed by atoms with Gasteiger partial charge in [0, 0.05) is 12.6 Å². The van der Waals surface area contributed by atoms with Crippen molar-refractivity contribution in [1.82, 2.24) is 15.1 Å². The molecule has 0 aliphatic carbocycles. The normalized spacial score (nSPS) is 12.5. The average Bonchev–Trinajstić information content (AvgIpc) is 2.93. The molecule has 5 heteroatoms. The van der Waals surface area contributed by atoms with Gasteiger partial charge in [0.05, 0.1) is 0 Å². The summed E-state index contributed by atoms with van der Waals surface area (Å²) >= 11 is 0. The van der Waals surface area contributed by atoms with Crippen molar-refractivity contribution in [1.29, 1.82) is 0 Å². The molecule has 0 saturated carbocycles. The molecule has 5 nitrogen and oxygen atoms in total. The molecule has 0 spiro atoms. The average molecular weight is 260 g/mol. The predicted octanol–water partition coefficient (Wildman–Crippen LogP) is 2.44. The van der Waals surface area contributed by atoms with Gasteiger partial charge in [-0.25, -0.2) is 0 Å². The van der Waals surface area contributed by atoms with Crippen LogP contribution < -0.4 is 5.73 Å². The Morgan fingerprint density at radius 2 is 2.21 bits per heavy atom. The quantitative estimate of drug-likeness (QED) is 0.827. The highest BCUT2D eigenvalue weighted by molar-refractivity contribution is 5.46. The van der Waals surface area contributed by atoms with E-state index in [0.29, 0.717) is 17.6 Å². The molecule has 2 aromatic heterocycles. The first kappa shape index (κ1) is 13.7. The van der Waals surface area contributed by atoms with Gasteiger partial charge in [-0.15, -0.1) is 0 Å². The van der Waals surface area contributed by atoms with Crippen LogP contribution in [-0.2, 0) is 6.42 Å². The molecule has 1 atom stereocenters. The van der Waals surface area contributed by atoms with E-state index in [1.807, 2.05) is 18.2 Å². The predicted molar refractivity (Wildman–Crippen MR) is 73.3 cm³/mol. The van der Waals surface area contributed by atoms with Gasteiger partial charge in [0.1, 0.15) is 5.69 Å². The van der Waals surface area contributed by atoms with E-state index in [1.54, 1.807) is 6.20 Å². The molecule has 2 aromatic rings. The fraction of sp³-hybridized carbons (Fsp3) is 0.500. The van der Waals surface area contributed by atoms with Gasteiger partial charge in [-0.2, -0.15) is 4.98 Å². The molecule has 0 amide bonds. The van der Waals surface area contributed by atoms with Gasteiger partial charge in [-0.3, -0.25) is 4.98 Å². The minimum atomic E-state index is 0.558. The smallest absolute Gasteiger partial charge is 0.227 e. The lowest BCUT2D eigenvalue weighted by Gasteiger charge is -2.11. The fourth-order valence-corrected chi connectivity index (χ4v) is 2.07. The highest BCUT2D eigenvalue weighted by atomic mass is 16.5. The van der Waals surface area contributed by atoms with Crippen LogP contribution in [-0.4, -0.2) is 21.7 Å². The zero-order valence-electron chi connectivity index (χ0n) is 11.2. The van der Waals surface area contributed by atoms with Crippen molar-refractivity contribution in [3.05, 3.63) is 30.3 Å². The Hall–Kier alpha value is -1.75. The lowest BCUT2D eigenvalue weighted by atomic mass is 9.97. The number of aryl methyl sites for hydroxylation is 1. The highest BCUT2D eigenvalue weighted by Crippen LogP contribution is 2.17. The molecule has 2 rings (SSSR count). The van der Waals surface area contributed by atoms with Crippen LogP contribution in [0.4, 0.5) is 0 Å². The van der Waals surface area contributed by atoms with E-state index in [1.165, 1.54) is 0 Å². The third kappa shape index (κ3) is 3.86. The summed E-state index contributed by atoms with van der Waals surface area (Å²) in [6, 6.07) is 5.65. The molecular weight excluding hydrogens is 240 g/mol. The Morgan fingerprint density at radius 3 is 2.89 bits per heavy atom. The lowest BCUT2D eigenvalue weighted by Crippen LogP contribution is -2.09. The maximum Gasteiger partial charge on any atom is 0.227 e. The molecule has 0 aromatic carbocycles. The zero-order chi connectivity index (χ0) is 13.5. The van der Waals surface area contributed by atoms with Crippen LogP contribution in [0.15, 0.2) is 28.9 Å². The minimum Gasteiger partial charge on any atom is -0.339 e. The van der Waals surface area contributed by atoms with Gasteiger partial charge in [-0.05, 0) is 37.4 Å². The molecule has 2 heterocycles. The Bertz CT molecular complexity index is 483. The Morgan fingerprint density at radius 1 is 1.32 bits per heavy atom. The second-order valence-electron chi connectivity index (χ2n) is 4.62. The van der Waals surface area contributed by atoms with Gasteiger partial charge < -0.3 is 10.3 Å². The Kier molecular flexibility index (Phi) is 5.03. The van der Waals surface area contributed by atoms with E-state index in [2.05, 4.69) is 22.0 Å². The topological polar surface area (TPSA) is 77.8 Å². The summed E-state index contributed by atoms with van der Waals surface area (Å²) in [5, 5.41) is 3.96.